The van der Waals surface area contributed by atoms with E-state index in [-0.39, 0.29) is 0 Å². The monoisotopic (exact) mass is 192 g/mol. The van der Waals surface area contributed by atoms with Gasteiger partial charge in [-0.3, -0.25) is 0 Å². The van der Waals surface area contributed by atoms with Crippen molar-refractivity contribution in [2.45, 2.75) is 6.42 Å². The van der Waals surface area contributed by atoms with Crippen molar-refractivity contribution >= 4 is 5.95 Å². The van der Waals surface area contributed by atoms with Crippen LogP contribution in [0.3, 0.4) is 0 Å². The zero-order valence-electron chi connectivity index (χ0n) is 8.48. The fourth-order valence-electron chi connectivity index (χ4n) is 1.83. The van der Waals surface area contributed by atoms with Crippen molar-refractivity contribution in [3.63, 3.8) is 0 Å². The Morgan fingerprint density at radius 3 is 2.93 bits per heavy atom. The van der Waals surface area contributed by atoms with Gasteiger partial charge in [0, 0.05) is 26.0 Å². The van der Waals surface area contributed by atoms with Gasteiger partial charge in [0.25, 0.3) is 0 Å². The standard InChI is InChI=1S/C10H16N4/c1-14(8-9-3-6-11-7-9)10-12-4-2-5-13-10/h2,4-5,9,11H,3,6-8H2,1H3/t9-/m1/s1. The zero-order chi connectivity index (χ0) is 9.80. The number of aromatic nitrogens is 2. The molecule has 0 bridgehead atoms. The van der Waals surface area contributed by atoms with Gasteiger partial charge in [0.2, 0.25) is 5.95 Å². The summed E-state index contributed by atoms with van der Waals surface area (Å²) in [5.74, 6) is 1.56. The van der Waals surface area contributed by atoms with Crippen LogP contribution in [0.4, 0.5) is 5.95 Å². The Morgan fingerprint density at radius 1 is 1.50 bits per heavy atom. The Bertz CT molecular complexity index is 269. The van der Waals surface area contributed by atoms with Crippen molar-refractivity contribution in [3.8, 4) is 0 Å². The summed E-state index contributed by atoms with van der Waals surface area (Å²) in [6, 6.07) is 1.84. The van der Waals surface area contributed by atoms with Gasteiger partial charge in [-0.1, -0.05) is 0 Å². The highest BCUT2D eigenvalue weighted by Gasteiger charge is 2.17. The fraction of sp³-hybridized carbons (Fsp3) is 0.600. The van der Waals surface area contributed by atoms with Crippen LogP contribution < -0.4 is 10.2 Å². The molecule has 1 aliphatic heterocycles. The van der Waals surface area contributed by atoms with E-state index in [9.17, 15) is 0 Å². The molecular weight excluding hydrogens is 176 g/mol. The Morgan fingerprint density at radius 2 is 2.29 bits per heavy atom. The van der Waals surface area contributed by atoms with E-state index in [2.05, 4.69) is 20.2 Å². The van der Waals surface area contributed by atoms with Crippen LogP contribution in [0.1, 0.15) is 6.42 Å². The van der Waals surface area contributed by atoms with Gasteiger partial charge in [-0.05, 0) is 31.5 Å². The SMILES string of the molecule is CN(C[C@@H]1CCNC1)c1ncccn1. The van der Waals surface area contributed by atoms with Gasteiger partial charge in [-0.25, -0.2) is 9.97 Å². The zero-order valence-corrected chi connectivity index (χ0v) is 8.48. The molecule has 1 aromatic rings. The quantitative estimate of drug-likeness (QED) is 0.758. The lowest BCUT2D eigenvalue weighted by molar-refractivity contribution is 0.573. The molecule has 1 fully saturated rings. The summed E-state index contributed by atoms with van der Waals surface area (Å²) in [6.45, 7) is 3.31. The van der Waals surface area contributed by atoms with E-state index >= 15 is 0 Å². The smallest absolute Gasteiger partial charge is 0.224 e. The van der Waals surface area contributed by atoms with Crippen molar-refractivity contribution in [1.29, 1.82) is 0 Å². The van der Waals surface area contributed by atoms with E-state index in [0.29, 0.717) is 0 Å². The fourth-order valence-corrected chi connectivity index (χ4v) is 1.83. The molecule has 0 unspecified atom stereocenters. The lowest BCUT2D eigenvalue weighted by Gasteiger charge is -2.20. The van der Waals surface area contributed by atoms with Crippen LogP contribution in [0.2, 0.25) is 0 Å². The molecule has 1 aromatic heterocycles. The van der Waals surface area contributed by atoms with Crippen LogP contribution in [-0.2, 0) is 0 Å². The maximum absolute atomic E-state index is 4.22. The molecule has 4 heteroatoms. The second kappa shape index (κ2) is 4.37. The van der Waals surface area contributed by atoms with Crippen molar-refractivity contribution in [3.05, 3.63) is 18.5 Å². The first-order chi connectivity index (χ1) is 6.86. The molecule has 0 amide bonds. The second-order valence-electron chi connectivity index (χ2n) is 3.79. The molecule has 0 spiro atoms. The Kier molecular flexibility index (Phi) is 2.93. The maximum Gasteiger partial charge on any atom is 0.224 e. The predicted octanol–water partition coefficient (Wildman–Crippen LogP) is 0.522. The largest absolute Gasteiger partial charge is 0.344 e. The molecule has 2 heterocycles. The number of anilines is 1. The van der Waals surface area contributed by atoms with Crippen LogP contribution in [0.15, 0.2) is 18.5 Å². The average molecular weight is 192 g/mol. The molecule has 0 aliphatic carbocycles. The summed E-state index contributed by atoms with van der Waals surface area (Å²) in [6.07, 6.45) is 4.83. The van der Waals surface area contributed by atoms with E-state index in [1.54, 1.807) is 12.4 Å². The van der Waals surface area contributed by atoms with Gasteiger partial charge in [0.05, 0.1) is 0 Å². The molecule has 2 rings (SSSR count). The molecule has 1 saturated heterocycles. The molecule has 1 aliphatic rings. The molecule has 76 valence electrons. The average Bonchev–Trinajstić information content (AvgIpc) is 2.72. The van der Waals surface area contributed by atoms with E-state index in [4.69, 9.17) is 0 Å². The van der Waals surface area contributed by atoms with Gasteiger partial charge in [-0.2, -0.15) is 0 Å². The second-order valence-corrected chi connectivity index (χ2v) is 3.79. The molecule has 0 radical (unpaired) electrons. The molecule has 14 heavy (non-hydrogen) atoms. The van der Waals surface area contributed by atoms with E-state index in [0.717, 1.165) is 31.5 Å². The van der Waals surface area contributed by atoms with Crippen LogP contribution >= 0.6 is 0 Å². The Labute approximate surface area is 84.4 Å². The summed E-state index contributed by atoms with van der Waals surface area (Å²) >= 11 is 0. The van der Waals surface area contributed by atoms with Crippen molar-refractivity contribution in [2.75, 3.05) is 31.6 Å². The van der Waals surface area contributed by atoms with Crippen LogP contribution in [-0.4, -0.2) is 36.6 Å². The summed E-state index contributed by atoms with van der Waals surface area (Å²) in [4.78, 5) is 10.6. The Hall–Kier alpha value is -1.16. The minimum Gasteiger partial charge on any atom is -0.344 e. The highest BCUT2D eigenvalue weighted by molar-refractivity contribution is 5.26. The number of rotatable bonds is 3. The normalized spacial score (nSPS) is 21.1. The first kappa shape index (κ1) is 9.40. The summed E-state index contributed by atoms with van der Waals surface area (Å²) in [5, 5.41) is 3.36. The molecule has 1 atom stereocenters. The summed E-state index contributed by atoms with van der Waals surface area (Å²) < 4.78 is 0. The van der Waals surface area contributed by atoms with Gasteiger partial charge < -0.3 is 10.2 Å². The van der Waals surface area contributed by atoms with Crippen LogP contribution in [0, 0.1) is 5.92 Å². The molecule has 4 nitrogen and oxygen atoms in total. The first-order valence-corrected chi connectivity index (χ1v) is 5.05. The third-order valence-electron chi connectivity index (χ3n) is 2.59. The van der Waals surface area contributed by atoms with Gasteiger partial charge in [0.15, 0.2) is 0 Å². The van der Waals surface area contributed by atoms with E-state index in [1.165, 1.54) is 6.42 Å². The number of nitrogens with zero attached hydrogens (tertiary/aromatic N) is 3. The minimum atomic E-state index is 0.740. The molecular formula is C10H16N4. The number of hydrogen-bond donors (Lipinski definition) is 1. The molecule has 0 saturated carbocycles. The topological polar surface area (TPSA) is 41.0 Å². The summed E-state index contributed by atoms with van der Waals surface area (Å²) in [5.41, 5.74) is 0. The maximum atomic E-state index is 4.22. The van der Waals surface area contributed by atoms with Crippen LogP contribution in [0.25, 0.3) is 0 Å². The number of nitrogens with one attached hydrogen (secondary N) is 1. The van der Waals surface area contributed by atoms with Gasteiger partial charge in [-0.15, -0.1) is 0 Å². The lowest BCUT2D eigenvalue weighted by atomic mass is 10.1. The van der Waals surface area contributed by atoms with Crippen LogP contribution in [0.5, 0.6) is 0 Å². The third-order valence-corrected chi connectivity index (χ3v) is 2.59. The highest BCUT2D eigenvalue weighted by Crippen LogP contribution is 2.11. The van der Waals surface area contributed by atoms with E-state index < -0.39 is 0 Å². The summed E-state index contributed by atoms with van der Waals surface area (Å²) in [7, 11) is 2.05. The van der Waals surface area contributed by atoms with Crippen molar-refractivity contribution in [1.82, 2.24) is 15.3 Å². The van der Waals surface area contributed by atoms with Gasteiger partial charge in [0.1, 0.15) is 0 Å². The third kappa shape index (κ3) is 2.20. The number of hydrogen-bond acceptors (Lipinski definition) is 4. The molecule has 0 aromatic carbocycles. The van der Waals surface area contributed by atoms with Gasteiger partial charge >= 0.3 is 0 Å². The van der Waals surface area contributed by atoms with Crippen molar-refractivity contribution < 1.29 is 0 Å². The Balaban J connectivity index is 1.92. The lowest BCUT2D eigenvalue weighted by Crippen LogP contribution is -2.28. The predicted molar refractivity (Wildman–Crippen MR) is 56.3 cm³/mol. The minimum absolute atomic E-state index is 0.740. The first-order valence-electron chi connectivity index (χ1n) is 5.05. The van der Waals surface area contributed by atoms with E-state index in [1.807, 2.05) is 13.1 Å². The highest BCUT2D eigenvalue weighted by atomic mass is 15.2. The molecule has 1 N–H and O–H groups in total. The van der Waals surface area contributed by atoms with Crippen molar-refractivity contribution in [2.24, 2.45) is 5.92 Å².